The molecular weight excluding hydrogens is 318 g/mol. The molecule has 1 saturated heterocycles. The van der Waals surface area contributed by atoms with Gasteiger partial charge in [-0.3, -0.25) is 4.79 Å². The molecule has 1 aliphatic heterocycles. The maximum absolute atomic E-state index is 13.0. The lowest BCUT2D eigenvalue weighted by atomic mass is 10.1. The van der Waals surface area contributed by atoms with Gasteiger partial charge in [0, 0.05) is 23.7 Å². The van der Waals surface area contributed by atoms with Gasteiger partial charge in [0.15, 0.2) is 0 Å². The molecule has 0 spiro atoms. The maximum Gasteiger partial charge on any atom is 0.255 e. The van der Waals surface area contributed by atoms with Crippen LogP contribution in [0.1, 0.15) is 29.8 Å². The molecule has 0 unspecified atom stereocenters. The number of benzene rings is 2. The van der Waals surface area contributed by atoms with Crippen LogP contribution >= 0.6 is 11.8 Å². The fourth-order valence-corrected chi connectivity index (χ4v) is 4.02. The van der Waals surface area contributed by atoms with Crippen LogP contribution in [0, 0.1) is 0 Å². The van der Waals surface area contributed by atoms with Crippen LogP contribution in [0.5, 0.6) is 0 Å². The summed E-state index contributed by atoms with van der Waals surface area (Å²) in [6.45, 7) is 5.35. The van der Waals surface area contributed by atoms with E-state index in [2.05, 4.69) is 12.1 Å². The highest BCUT2D eigenvalue weighted by Gasteiger charge is 2.27. The van der Waals surface area contributed by atoms with Crippen LogP contribution in [0.25, 0.3) is 0 Å². The van der Waals surface area contributed by atoms with Crippen molar-refractivity contribution in [1.29, 1.82) is 0 Å². The lowest BCUT2D eigenvalue weighted by molar-refractivity contribution is -0.0586. The predicted molar refractivity (Wildman–Crippen MR) is 98.4 cm³/mol. The van der Waals surface area contributed by atoms with E-state index in [1.165, 1.54) is 5.56 Å². The molecule has 1 heterocycles. The van der Waals surface area contributed by atoms with Crippen LogP contribution in [-0.2, 0) is 10.5 Å². The quantitative estimate of drug-likeness (QED) is 0.780. The first-order chi connectivity index (χ1) is 11.6. The van der Waals surface area contributed by atoms with E-state index >= 15 is 0 Å². The molecule has 0 aromatic heterocycles. The summed E-state index contributed by atoms with van der Waals surface area (Å²) in [5.74, 6) is 0.967. The molecule has 24 heavy (non-hydrogen) atoms. The fraction of sp³-hybridized carbons (Fsp3) is 0.350. The predicted octanol–water partition coefficient (Wildman–Crippen LogP) is 4.23. The Morgan fingerprint density at radius 2 is 1.67 bits per heavy atom. The Morgan fingerprint density at radius 3 is 2.38 bits per heavy atom. The fourth-order valence-electron chi connectivity index (χ4n) is 3.02. The van der Waals surface area contributed by atoms with E-state index in [1.807, 2.05) is 61.2 Å². The van der Waals surface area contributed by atoms with Gasteiger partial charge in [0.1, 0.15) is 0 Å². The van der Waals surface area contributed by atoms with Gasteiger partial charge in [0.2, 0.25) is 0 Å². The summed E-state index contributed by atoms with van der Waals surface area (Å²) < 4.78 is 5.74. The summed E-state index contributed by atoms with van der Waals surface area (Å²) in [4.78, 5) is 15.9. The topological polar surface area (TPSA) is 29.5 Å². The third kappa shape index (κ3) is 4.19. The molecule has 0 aliphatic carbocycles. The van der Waals surface area contributed by atoms with Crippen molar-refractivity contribution in [3.63, 3.8) is 0 Å². The van der Waals surface area contributed by atoms with E-state index < -0.39 is 0 Å². The molecule has 2 atom stereocenters. The molecule has 2 aromatic carbocycles. The zero-order valence-electron chi connectivity index (χ0n) is 14.1. The first-order valence-corrected chi connectivity index (χ1v) is 9.32. The third-order valence-electron chi connectivity index (χ3n) is 4.06. The Hall–Kier alpha value is -1.78. The average molecular weight is 341 g/mol. The summed E-state index contributed by atoms with van der Waals surface area (Å²) in [6, 6.07) is 18.2. The number of rotatable bonds is 4. The highest BCUT2D eigenvalue weighted by atomic mass is 32.2. The molecule has 0 bridgehead atoms. The molecule has 0 N–H and O–H groups in total. The Morgan fingerprint density at radius 1 is 1.04 bits per heavy atom. The van der Waals surface area contributed by atoms with Crippen molar-refractivity contribution in [2.24, 2.45) is 0 Å². The van der Waals surface area contributed by atoms with Crippen LogP contribution in [0.15, 0.2) is 59.5 Å². The number of hydrogen-bond donors (Lipinski definition) is 0. The molecular formula is C20H23NO2S. The van der Waals surface area contributed by atoms with Gasteiger partial charge in [-0.05, 0) is 31.5 Å². The second kappa shape index (κ2) is 7.86. The van der Waals surface area contributed by atoms with Crippen LogP contribution in [-0.4, -0.2) is 36.1 Å². The van der Waals surface area contributed by atoms with Crippen molar-refractivity contribution in [3.05, 3.63) is 65.7 Å². The minimum atomic E-state index is 0.0850. The highest BCUT2D eigenvalue weighted by molar-refractivity contribution is 7.98. The van der Waals surface area contributed by atoms with E-state index in [4.69, 9.17) is 4.74 Å². The Bertz CT molecular complexity index is 679. The first-order valence-electron chi connectivity index (χ1n) is 8.34. The second-order valence-electron chi connectivity index (χ2n) is 6.24. The van der Waals surface area contributed by atoms with E-state index in [1.54, 1.807) is 11.8 Å². The van der Waals surface area contributed by atoms with Crippen LogP contribution in [0.2, 0.25) is 0 Å². The summed E-state index contributed by atoms with van der Waals surface area (Å²) in [6.07, 6.45) is 0.170. The zero-order chi connectivity index (χ0) is 16.9. The van der Waals surface area contributed by atoms with E-state index in [0.29, 0.717) is 13.1 Å². The maximum atomic E-state index is 13.0. The highest BCUT2D eigenvalue weighted by Crippen LogP contribution is 2.28. The summed E-state index contributed by atoms with van der Waals surface area (Å²) in [7, 11) is 0. The van der Waals surface area contributed by atoms with Gasteiger partial charge in [0.05, 0.1) is 17.8 Å². The number of morpholine rings is 1. The lowest BCUT2D eigenvalue weighted by Crippen LogP contribution is -2.48. The molecule has 3 nitrogen and oxygen atoms in total. The number of thioether (sulfide) groups is 1. The largest absolute Gasteiger partial charge is 0.372 e. The number of carbonyl (C=O) groups excluding carboxylic acids is 1. The molecule has 2 aromatic rings. The molecule has 1 amide bonds. The van der Waals surface area contributed by atoms with E-state index in [9.17, 15) is 4.79 Å². The minimum absolute atomic E-state index is 0.0850. The lowest BCUT2D eigenvalue weighted by Gasteiger charge is -2.35. The number of ether oxygens (including phenoxy) is 1. The van der Waals surface area contributed by atoms with Crippen molar-refractivity contribution >= 4 is 17.7 Å². The standard InChI is InChI=1S/C20H23NO2S/c1-15-12-21(13-16(2)23-15)20(22)18-10-6-7-11-19(18)24-14-17-8-4-3-5-9-17/h3-11,15-16H,12-14H2,1-2H3/t15-,16+. The van der Waals surface area contributed by atoms with Gasteiger partial charge < -0.3 is 9.64 Å². The summed E-state index contributed by atoms with van der Waals surface area (Å²) in [5, 5.41) is 0. The molecule has 1 fully saturated rings. The first kappa shape index (κ1) is 17.1. The third-order valence-corrected chi connectivity index (χ3v) is 5.21. The number of hydrogen-bond acceptors (Lipinski definition) is 3. The van der Waals surface area contributed by atoms with Crippen LogP contribution < -0.4 is 0 Å². The molecule has 0 saturated carbocycles. The SMILES string of the molecule is C[C@@H]1CN(C(=O)c2ccccc2SCc2ccccc2)C[C@H](C)O1. The zero-order valence-corrected chi connectivity index (χ0v) is 15.0. The summed E-state index contributed by atoms with van der Waals surface area (Å²) in [5.41, 5.74) is 2.05. The van der Waals surface area contributed by atoms with Gasteiger partial charge in [0.25, 0.3) is 5.91 Å². The number of nitrogens with zero attached hydrogens (tertiary/aromatic N) is 1. The Kier molecular flexibility index (Phi) is 5.59. The number of amides is 1. The van der Waals surface area contributed by atoms with Crippen LogP contribution in [0.3, 0.4) is 0 Å². The average Bonchev–Trinajstić information content (AvgIpc) is 2.59. The second-order valence-corrected chi connectivity index (χ2v) is 7.26. The Labute approximate surface area is 148 Å². The molecule has 4 heteroatoms. The van der Waals surface area contributed by atoms with Crippen LogP contribution in [0.4, 0.5) is 0 Å². The monoisotopic (exact) mass is 341 g/mol. The number of carbonyl (C=O) groups is 1. The van der Waals surface area contributed by atoms with Gasteiger partial charge >= 0.3 is 0 Å². The van der Waals surface area contributed by atoms with E-state index in [-0.39, 0.29) is 18.1 Å². The van der Waals surface area contributed by atoms with E-state index in [0.717, 1.165) is 16.2 Å². The molecule has 126 valence electrons. The van der Waals surface area contributed by atoms with Crippen molar-refractivity contribution in [1.82, 2.24) is 4.90 Å². The van der Waals surface area contributed by atoms with Gasteiger partial charge in [-0.25, -0.2) is 0 Å². The van der Waals surface area contributed by atoms with Gasteiger partial charge in [-0.1, -0.05) is 42.5 Å². The molecule has 3 rings (SSSR count). The smallest absolute Gasteiger partial charge is 0.255 e. The Balaban J connectivity index is 1.74. The van der Waals surface area contributed by atoms with Gasteiger partial charge in [-0.15, -0.1) is 11.8 Å². The molecule has 0 radical (unpaired) electrons. The molecule has 1 aliphatic rings. The van der Waals surface area contributed by atoms with Crippen molar-refractivity contribution in [2.75, 3.05) is 13.1 Å². The van der Waals surface area contributed by atoms with Crippen molar-refractivity contribution in [2.45, 2.75) is 36.7 Å². The van der Waals surface area contributed by atoms with Crippen molar-refractivity contribution in [3.8, 4) is 0 Å². The normalized spacial score (nSPS) is 20.8. The summed E-state index contributed by atoms with van der Waals surface area (Å²) >= 11 is 1.72. The van der Waals surface area contributed by atoms with Gasteiger partial charge in [-0.2, -0.15) is 0 Å². The van der Waals surface area contributed by atoms with Crippen molar-refractivity contribution < 1.29 is 9.53 Å². The minimum Gasteiger partial charge on any atom is -0.372 e.